The third-order valence-corrected chi connectivity index (χ3v) is 7.18. The van der Waals surface area contributed by atoms with Crippen molar-refractivity contribution in [2.75, 3.05) is 0 Å². The van der Waals surface area contributed by atoms with E-state index in [4.69, 9.17) is 0 Å². The number of H-pyrrole nitrogens is 1. The lowest BCUT2D eigenvalue weighted by Crippen LogP contribution is -2.30. The zero-order valence-corrected chi connectivity index (χ0v) is 18.5. The van der Waals surface area contributed by atoms with Crippen molar-refractivity contribution in [3.63, 3.8) is 0 Å². The number of benzene rings is 1. The van der Waals surface area contributed by atoms with Gasteiger partial charge in [-0.2, -0.15) is 0 Å². The van der Waals surface area contributed by atoms with Gasteiger partial charge in [-0.1, -0.05) is 24.3 Å². The molecule has 0 radical (unpaired) electrons. The van der Waals surface area contributed by atoms with E-state index in [9.17, 15) is 18.0 Å². The molecule has 0 bridgehead atoms. The maximum atomic E-state index is 12.6. The number of rotatable bonds is 7. The molecule has 2 heterocycles. The van der Waals surface area contributed by atoms with E-state index in [-0.39, 0.29) is 28.4 Å². The van der Waals surface area contributed by atoms with Crippen molar-refractivity contribution in [1.29, 1.82) is 0 Å². The highest BCUT2D eigenvalue weighted by Gasteiger charge is 2.27. The van der Waals surface area contributed by atoms with Gasteiger partial charge in [-0.05, 0) is 62.8 Å². The van der Waals surface area contributed by atoms with Crippen molar-refractivity contribution in [1.82, 2.24) is 15.0 Å². The fraction of sp³-hybridized carbons (Fsp3) is 0.391. The molecule has 1 atom stereocenters. The van der Waals surface area contributed by atoms with Crippen molar-refractivity contribution < 1.29 is 13.2 Å². The minimum absolute atomic E-state index is 0.000578. The minimum atomic E-state index is -3.60. The number of hydrogen-bond acceptors (Lipinski definition) is 4. The van der Waals surface area contributed by atoms with Gasteiger partial charge in [-0.15, -0.1) is 0 Å². The van der Waals surface area contributed by atoms with Crippen LogP contribution in [0.1, 0.15) is 62.3 Å². The van der Waals surface area contributed by atoms with Crippen LogP contribution >= 0.6 is 0 Å². The maximum absolute atomic E-state index is 12.6. The van der Waals surface area contributed by atoms with Crippen molar-refractivity contribution in [2.24, 2.45) is 0 Å². The Bertz CT molecular complexity index is 1180. The van der Waals surface area contributed by atoms with Crippen LogP contribution in [0, 0.1) is 0 Å². The lowest BCUT2D eigenvalue weighted by molar-refractivity contribution is -0.119. The fourth-order valence-electron chi connectivity index (χ4n) is 3.86. The second-order valence-corrected chi connectivity index (χ2v) is 10.2. The van der Waals surface area contributed by atoms with Crippen LogP contribution in [-0.4, -0.2) is 31.4 Å². The van der Waals surface area contributed by atoms with E-state index in [1.54, 1.807) is 38.1 Å². The van der Waals surface area contributed by atoms with Crippen molar-refractivity contribution >= 4 is 21.5 Å². The smallest absolute Gasteiger partial charge is 0.251 e. The van der Waals surface area contributed by atoms with E-state index in [1.165, 1.54) is 0 Å². The molecule has 4 rings (SSSR count). The molecule has 3 N–H and O–H groups in total. The van der Waals surface area contributed by atoms with Crippen LogP contribution in [0.3, 0.4) is 0 Å². The van der Waals surface area contributed by atoms with Gasteiger partial charge in [-0.25, -0.2) is 13.1 Å². The highest BCUT2D eigenvalue weighted by molar-refractivity contribution is 7.89. The van der Waals surface area contributed by atoms with Gasteiger partial charge in [0, 0.05) is 35.3 Å². The van der Waals surface area contributed by atoms with Crippen LogP contribution in [0.5, 0.6) is 0 Å². The van der Waals surface area contributed by atoms with E-state index < -0.39 is 10.0 Å². The second kappa shape index (κ2) is 8.43. The Morgan fingerprint density at radius 3 is 2.32 bits per heavy atom. The van der Waals surface area contributed by atoms with Gasteiger partial charge < -0.3 is 10.3 Å². The predicted molar refractivity (Wildman–Crippen MR) is 119 cm³/mol. The van der Waals surface area contributed by atoms with Crippen LogP contribution < -0.4 is 15.6 Å². The summed E-state index contributed by atoms with van der Waals surface area (Å²) in [6.07, 6.45) is 5.16. The SMILES string of the molecule is CC(C)NS(=O)(=O)c1ccc(C(=C[C@H]2CCC(=O)N2)c2ccc(C3CC3)c(=O)[nH]2)cc1. The van der Waals surface area contributed by atoms with Crippen LogP contribution in [0.4, 0.5) is 0 Å². The summed E-state index contributed by atoms with van der Waals surface area (Å²) in [5.74, 6) is 0.344. The van der Waals surface area contributed by atoms with E-state index in [0.717, 1.165) is 29.5 Å². The Hall–Kier alpha value is -2.71. The maximum Gasteiger partial charge on any atom is 0.251 e. The van der Waals surface area contributed by atoms with Gasteiger partial charge in [-0.3, -0.25) is 9.59 Å². The van der Waals surface area contributed by atoms with Crippen molar-refractivity contribution in [3.05, 3.63) is 69.6 Å². The first-order valence-corrected chi connectivity index (χ1v) is 12.1. The van der Waals surface area contributed by atoms with E-state index >= 15 is 0 Å². The van der Waals surface area contributed by atoms with Crippen molar-refractivity contribution in [3.8, 4) is 0 Å². The van der Waals surface area contributed by atoms with Crippen LogP contribution in [0.15, 0.2) is 52.2 Å². The molecule has 1 aromatic carbocycles. The molecule has 164 valence electrons. The Balaban J connectivity index is 1.71. The molecule has 2 fully saturated rings. The standard InChI is InChI=1S/C23H27N3O4S/c1-14(2)26-31(29,30)18-8-5-16(6-9-18)20(13-17-7-12-22(27)24-17)21-11-10-19(15-3-4-15)23(28)25-21/h5-6,8-11,13-15,17,26H,3-4,7,12H2,1-2H3,(H,24,27)(H,25,28)/t17-/m1/s1. The third-order valence-electron chi connectivity index (χ3n) is 5.51. The molecule has 2 aromatic rings. The summed E-state index contributed by atoms with van der Waals surface area (Å²) in [7, 11) is -3.60. The summed E-state index contributed by atoms with van der Waals surface area (Å²) in [5, 5.41) is 2.92. The van der Waals surface area contributed by atoms with Gasteiger partial charge in [0.15, 0.2) is 0 Å². The first-order valence-electron chi connectivity index (χ1n) is 10.6. The molecule has 1 saturated carbocycles. The molecule has 31 heavy (non-hydrogen) atoms. The molecule has 1 amide bonds. The van der Waals surface area contributed by atoms with E-state index in [2.05, 4.69) is 15.0 Å². The molecule has 1 saturated heterocycles. The van der Waals surface area contributed by atoms with Gasteiger partial charge in [0.1, 0.15) is 0 Å². The highest BCUT2D eigenvalue weighted by atomic mass is 32.2. The average Bonchev–Trinajstić information content (AvgIpc) is 3.46. The molecule has 1 aliphatic carbocycles. The van der Waals surface area contributed by atoms with E-state index in [0.29, 0.717) is 24.5 Å². The highest BCUT2D eigenvalue weighted by Crippen LogP contribution is 2.38. The Morgan fingerprint density at radius 2 is 1.77 bits per heavy atom. The molecule has 1 aromatic heterocycles. The Morgan fingerprint density at radius 1 is 1.06 bits per heavy atom. The van der Waals surface area contributed by atoms with Gasteiger partial charge >= 0.3 is 0 Å². The number of nitrogens with one attached hydrogen (secondary N) is 3. The second-order valence-electron chi connectivity index (χ2n) is 8.52. The van der Waals surface area contributed by atoms with Crippen LogP contribution in [0.25, 0.3) is 5.57 Å². The number of hydrogen-bond donors (Lipinski definition) is 3. The molecular weight excluding hydrogens is 414 g/mol. The molecule has 8 heteroatoms. The van der Waals surface area contributed by atoms with Gasteiger partial charge in [0.25, 0.3) is 5.56 Å². The first kappa shape index (κ1) is 21.5. The quantitative estimate of drug-likeness (QED) is 0.614. The number of pyridine rings is 1. The predicted octanol–water partition coefficient (Wildman–Crippen LogP) is 2.65. The van der Waals surface area contributed by atoms with Crippen LogP contribution in [0.2, 0.25) is 0 Å². The summed E-state index contributed by atoms with van der Waals surface area (Å²) in [6, 6.07) is 9.98. The largest absolute Gasteiger partial charge is 0.350 e. The number of carbonyl (C=O) groups is 1. The number of sulfonamides is 1. The molecular formula is C23H27N3O4S. The lowest BCUT2D eigenvalue weighted by Gasteiger charge is -2.14. The first-order chi connectivity index (χ1) is 14.7. The molecule has 0 unspecified atom stereocenters. The minimum Gasteiger partial charge on any atom is -0.350 e. The van der Waals surface area contributed by atoms with E-state index in [1.807, 2.05) is 18.2 Å². The van der Waals surface area contributed by atoms with Crippen LogP contribution in [-0.2, 0) is 14.8 Å². The zero-order chi connectivity index (χ0) is 22.2. The summed E-state index contributed by atoms with van der Waals surface area (Å²) >= 11 is 0. The summed E-state index contributed by atoms with van der Waals surface area (Å²) in [6.45, 7) is 3.54. The summed E-state index contributed by atoms with van der Waals surface area (Å²) in [4.78, 5) is 27.4. The van der Waals surface area contributed by atoms with Gasteiger partial charge in [0.05, 0.1) is 4.90 Å². The number of amides is 1. The zero-order valence-electron chi connectivity index (χ0n) is 17.6. The Kier molecular flexibility index (Phi) is 5.85. The number of aromatic nitrogens is 1. The molecule has 1 aliphatic heterocycles. The fourth-order valence-corrected chi connectivity index (χ4v) is 5.11. The monoisotopic (exact) mass is 441 g/mol. The lowest BCUT2D eigenvalue weighted by atomic mass is 9.98. The number of carbonyl (C=O) groups excluding carboxylic acids is 1. The molecule has 2 aliphatic rings. The topological polar surface area (TPSA) is 108 Å². The molecule has 0 spiro atoms. The average molecular weight is 442 g/mol. The van der Waals surface area contributed by atoms with Crippen molar-refractivity contribution in [2.45, 2.75) is 62.4 Å². The normalized spacial score (nSPS) is 19.6. The summed E-state index contributed by atoms with van der Waals surface area (Å²) in [5.41, 5.74) is 2.87. The number of aromatic amines is 1. The Labute approximate surface area is 182 Å². The molecule has 7 nitrogen and oxygen atoms in total. The third kappa shape index (κ3) is 4.97. The van der Waals surface area contributed by atoms with Gasteiger partial charge in [0.2, 0.25) is 15.9 Å². The summed E-state index contributed by atoms with van der Waals surface area (Å²) < 4.78 is 27.5.